The van der Waals surface area contributed by atoms with Crippen LogP contribution in [-0.2, 0) is 4.74 Å². The number of esters is 1. The Morgan fingerprint density at radius 2 is 2.12 bits per heavy atom. The molecule has 0 aliphatic heterocycles. The molecule has 1 aromatic rings. The highest BCUT2D eigenvalue weighted by atomic mass is 16.5. The van der Waals surface area contributed by atoms with Crippen LogP contribution in [0.25, 0.3) is 0 Å². The fourth-order valence-electron chi connectivity index (χ4n) is 1.45. The summed E-state index contributed by atoms with van der Waals surface area (Å²) in [6.45, 7) is 7.65. The molecule has 3 heteroatoms. The van der Waals surface area contributed by atoms with E-state index in [9.17, 15) is 9.90 Å². The number of allylic oxidation sites excluding steroid dienone is 1. The lowest BCUT2D eigenvalue weighted by molar-refractivity contribution is 0.0597. The molecule has 86 valence electrons. The molecule has 0 aliphatic carbocycles. The third-order valence-corrected chi connectivity index (χ3v) is 2.68. The average Bonchev–Trinajstić information content (AvgIpc) is 2.27. The molecule has 0 heterocycles. The third-order valence-electron chi connectivity index (χ3n) is 2.68. The molecule has 16 heavy (non-hydrogen) atoms. The van der Waals surface area contributed by atoms with Crippen molar-refractivity contribution in [1.82, 2.24) is 0 Å². The number of methoxy groups -OCH3 is 1. The standard InChI is InChI=1S/C13H16O3/c1-8(2)9(3)10-6-5-7-11(12(10)14)13(15)16-4/h5-7,9,14H,1H2,2-4H3. The topological polar surface area (TPSA) is 46.5 Å². The lowest BCUT2D eigenvalue weighted by Crippen LogP contribution is -2.04. The second kappa shape index (κ2) is 4.84. The molecule has 1 atom stereocenters. The van der Waals surface area contributed by atoms with Crippen LogP contribution in [0.5, 0.6) is 5.75 Å². The predicted molar refractivity (Wildman–Crippen MR) is 62.7 cm³/mol. The maximum Gasteiger partial charge on any atom is 0.341 e. The highest BCUT2D eigenvalue weighted by molar-refractivity contribution is 5.92. The Morgan fingerprint density at radius 1 is 1.50 bits per heavy atom. The fourth-order valence-corrected chi connectivity index (χ4v) is 1.45. The van der Waals surface area contributed by atoms with Gasteiger partial charge in [-0.2, -0.15) is 0 Å². The van der Waals surface area contributed by atoms with Crippen LogP contribution in [0.1, 0.15) is 35.7 Å². The van der Waals surface area contributed by atoms with E-state index in [-0.39, 0.29) is 17.2 Å². The summed E-state index contributed by atoms with van der Waals surface area (Å²) >= 11 is 0. The van der Waals surface area contributed by atoms with Crippen LogP contribution in [0.2, 0.25) is 0 Å². The number of benzene rings is 1. The van der Waals surface area contributed by atoms with Gasteiger partial charge in [0.2, 0.25) is 0 Å². The van der Waals surface area contributed by atoms with Gasteiger partial charge >= 0.3 is 5.97 Å². The molecule has 0 radical (unpaired) electrons. The Balaban J connectivity index is 3.23. The van der Waals surface area contributed by atoms with Crippen LogP contribution >= 0.6 is 0 Å². The number of ether oxygens (including phenoxy) is 1. The Bertz CT molecular complexity index is 421. The number of hydrogen-bond donors (Lipinski definition) is 1. The second-order valence-electron chi connectivity index (χ2n) is 3.80. The van der Waals surface area contributed by atoms with Crippen LogP contribution in [0.3, 0.4) is 0 Å². The van der Waals surface area contributed by atoms with E-state index in [1.165, 1.54) is 13.2 Å². The molecule has 1 unspecified atom stereocenters. The van der Waals surface area contributed by atoms with Crippen LogP contribution in [0.15, 0.2) is 30.4 Å². The minimum atomic E-state index is -0.534. The van der Waals surface area contributed by atoms with Gasteiger partial charge in [0.1, 0.15) is 11.3 Å². The highest BCUT2D eigenvalue weighted by Gasteiger charge is 2.18. The molecule has 0 aliphatic rings. The number of carbonyl (C=O) groups excluding carboxylic acids is 1. The molecule has 0 bridgehead atoms. The van der Waals surface area contributed by atoms with Gasteiger partial charge in [-0.25, -0.2) is 4.79 Å². The summed E-state index contributed by atoms with van der Waals surface area (Å²) in [4.78, 5) is 11.4. The van der Waals surface area contributed by atoms with Crippen LogP contribution in [-0.4, -0.2) is 18.2 Å². The Kier molecular flexibility index (Phi) is 3.72. The van der Waals surface area contributed by atoms with Gasteiger partial charge < -0.3 is 9.84 Å². The van der Waals surface area contributed by atoms with Gasteiger partial charge in [-0.05, 0) is 13.0 Å². The van der Waals surface area contributed by atoms with Crippen molar-refractivity contribution in [2.24, 2.45) is 0 Å². The summed E-state index contributed by atoms with van der Waals surface area (Å²) < 4.78 is 4.59. The lowest BCUT2D eigenvalue weighted by Gasteiger charge is -2.15. The molecule has 0 saturated carbocycles. The summed E-state index contributed by atoms with van der Waals surface area (Å²) in [5, 5.41) is 9.97. The van der Waals surface area contributed by atoms with Crippen LogP contribution in [0, 0.1) is 0 Å². The van der Waals surface area contributed by atoms with E-state index in [4.69, 9.17) is 0 Å². The average molecular weight is 220 g/mol. The molecular weight excluding hydrogens is 204 g/mol. The summed E-state index contributed by atoms with van der Waals surface area (Å²) in [5.74, 6) is -0.553. The molecule has 0 fully saturated rings. The first-order valence-electron chi connectivity index (χ1n) is 5.04. The van der Waals surface area contributed by atoms with E-state index in [0.717, 1.165) is 5.57 Å². The number of aromatic hydroxyl groups is 1. The van der Waals surface area contributed by atoms with Gasteiger partial charge in [-0.3, -0.25) is 0 Å². The van der Waals surface area contributed by atoms with E-state index >= 15 is 0 Å². The summed E-state index contributed by atoms with van der Waals surface area (Å²) in [7, 11) is 1.29. The zero-order chi connectivity index (χ0) is 12.3. The van der Waals surface area contributed by atoms with Gasteiger partial charge in [-0.1, -0.05) is 31.2 Å². The van der Waals surface area contributed by atoms with Crippen molar-refractivity contribution in [3.05, 3.63) is 41.5 Å². The van der Waals surface area contributed by atoms with Gasteiger partial charge in [0, 0.05) is 11.5 Å². The maximum absolute atomic E-state index is 11.4. The minimum Gasteiger partial charge on any atom is -0.507 e. The van der Waals surface area contributed by atoms with Crippen molar-refractivity contribution in [3.63, 3.8) is 0 Å². The van der Waals surface area contributed by atoms with E-state index in [1.54, 1.807) is 12.1 Å². The first kappa shape index (κ1) is 12.3. The Morgan fingerprint density at radius 3 is 2.62 bits per heavy atom. The van der Waals surface area contributed by atoms with Crippen molar-refractivity contribution >= 4 is 5.97 Å². The van der Waals surface area contributed by atoms with Gasteiger partial charge in [-0.15, -0.1) is 0 Å². The highest BCUT2D eigenvalue weighted by Crippen LogP contribution is 2.32. The Hall–Kier alpha value is -1.77. The molecule has 0 aromatic heterocycles. The molecule has 0 spiro atoms. The summed E-state index contributed by atoms with van der Waals surface area (Å²) in [6.07, 6.45) is 0. The first-order chi connectivity index (χ1) is 7.49. The number of hydrogen-bond acceptors (Lipinski definition) is 3. The molecule has 3 nitrogen and oxygen atoms in total. The van der Waals surface area contributed by atoms with Gasteiger partial charge in [0.15, 0.2) is 0 Å². The largest absolute Gasteiger partial charge is 0.507 e. The molecule has 0 saturated heterocycles. The molecule has 1 aromatic carbocycles. The van der Waals surface area contributed by atoms with Crippen molar-refractivity contribution in [2.75, 3.05) is 7.11 Å². The number of phenolic OH excluding ortho intramolecular Hbond substituents is 1. The summed E-state index contributed by atoms with van der Waals surface area (Å²) in [5.41, 5.74) is 1.81. The van der Waals surface area contributed by atoms with Crippen LogP contribution in [0.4, 0.5) is 0 Å². The minimum absolute atomic E-state index is 0.00426. The van der Waals surface area contributed by atoms with Crippen molar-refractivity contribution in [2.45, 2.75) is 19.8 Å². The molecule has 0 amide bonds. The number of para-hydroxylation sites is 1. The zero-order valence-corrected chi connectivity index (χ0v) is 9.78. The second-order valence-corrected chi connectivity index (χ2v) is 3.80. The zero-order valence-electron chi connectivity index (χ0n) is 9.78. The predicted octanol–water partition coefficient (Wildman–Crippen LogP) is 2.86. The quantitative estimate of drug-likeness (QED) is 0.629. The first-order valence-corrected chi connectivity index (χ1v) is 5.04. The van der Waals surface area contributed by atoms with Crippen molar-refractivity contribution < 1.29 is 14.6 Å². The normalized spacial score (nSPS) is 11.9. The van der Waals surface area contributed by atoms with Crippen molar-refractivity contribution in [3.8, 4) is 5.75 Å². The van der Waals surface area contributed by atoms with E-state index in [2.05, 4.69) is 11.3 Å². The maximum atomic E-state index is 11.4. The van der Waals surface area contributed by atoms with Crippen molar-refractivity contribution in [1.29, 1.82) is 0 Å². The lowest BCUT2D eigenvalue weighted by atomic mass is 9.92. The summed E-state index contributed by atoms with van der Waals surface area (Å²) in [6, 6.07) is 5.04. The smallest absolute Gasteiger partial charge is 0.341 e. The monoisotopic (exact) mass is 220 g/mol. The molecule has 1 N–H and O–H groups in total. The van der Waals surface area contributed by atoms with E-state index < -0.39 is 5.97 Å². The van der Waals surface area contributed by atoms with Gasteiger partial charge in [0.25, 0.3) is 0 Å². The number of carbonyl (C=O) groups is 1. The fraction of sp³-hybridized carbons (Fsp3) is 0.308. The number of phenols is 1. The molecular formula is C13H16O3. The third kappa shape index (κ3) is 2.24. The Labute approximate surface area is 95.4 Å². The van der Waals surface area contributed by atoms with E-state index in [1.807, 2.05) is 13.8 Å². The molecule has 1 rings (SSSR count). The SMILES string of the molecule is C=C(C)C(C)c1cccc(C(=O)OC)c1O. The van der Waals surface area contributed by atoms with Gasteiger partial charge in [0.05, 0.1) is 7.11 Å². The number of rotatable bonds is 3. The van der Waals surface area contributed by atoms with Crippen LogP contribution < -0.4 is 0 Å². The van der Waals surface area contributed by atoms with E-state index in [0.29, 0.717) is 5.56 Å².